The third kappa shape index (κ3) is 2.50. The number of halogens is 1. The number of hydrogen-bond acceptors (Lipinski definition) is 5. The van der Waals surface area contributed by atoms with Crippen LogP contribution in [0.3, 0.4) is 0 Å². The van der Waals surface area contributed by atoms with E-state index in [-0.39, 0.29) is 0 Å². The SMILES string of the molecule is COc1nc(N2CCCC2)nc(N2CCCC2)c1Br. The summed E-state index contributed by atoms with van der Waals surface area (Å²) < 4.78 is 6.27. The van der Waals surface area contributed by atoms with Crippen molar-refractivity contribution in [3.05, 3.63) is 4.47 Å². The second-order valence-electron chi connectivity index (χ2n) is 5.06. The lowest BCUT2D eigenvalue weighted by atomic mass is 10.4. The smallest absolute Gasteiger partial charge is 0.234 e. The van der Waals surface area contributed by atoms with Crippen LogP contribution in [-0.4, -0.2) is 43.3 Å². The predicted octanol–water partition coefficient (Wildman–Crippen LogP) is 2.45. The van der Waals surface area contributed by atoms with Gasteiger partial charge in [0.1, 0.15) is 4.47 Å². The van der Waals surface area contributed by atoms with Crippen molar-refractivity contribution in [2.24, 2.45) is 0 Å². The Labute approximate surface area is 122 Å². The number of rotatable bonds is 3. The maximum Gasteiger partial charge on any atom is 0.234 e. The number of nitrogens with zero attached hydrogens (tertiary/aromatic N) is 4. The molecule has 0 aliphatic carbocycles. The molecule has 2 fully saturated rings. The molecule has 5 nitrogen and oxygen atoms in total. The van der Waals surface area contributed by atoms with Crippen LogP contribution in [0.5, 0.6) is 5.88 Å². The van der Waals surface area contributed by atoms with Crippen LogP contribution in [-0.2, 0) is 0 Å². The molecule has 6 heteroatoms. The highest BCUT2D eigenvalue weighted by molar-refractivity contribution is 9.10. The summed E-state index contributed by atoms with van der Waals surface area (Å²) in [4.78, 5) is 13.8. The van der Waals surface area contributed by atoms with E-state index in [9.17, 15) is 0 Å². The first-order valence-electron chi connectivity index (χ1n) is 6.91. The molecule has 2 saturated heterocycles. The van der Waals surface area contributed by atoms with E-state index in [2.05, 4.69) is 30.7 Å². The molecule has 3 rings (SSSR count). The maximum absolute atomic E-state index is 5.39. The van der Waals surface area contributed by atoms with Crippen LogP contribution in [0.15, 0.2) is 4.47 Å². The van der Waals surface area contributed by atoms with Crippen LogP contribution in [0.1, 0.15) is 25.7 Å². The number of methoxy groups -OCH3 is 1. The van der Waals surface area contributed by atoms with E-state index in [1.807, 2.05) is 0 Å². The van der Waals surface area contributed by atoms with Gasteiger partial charge in [-0.25, -0.2) is 0 Å². The van der Waals surface area contributed by atoms with E-state index in [0.717, 1.165) is 42.4 Å². The highest BCUT2D eigenvalue weighted by atomic mass is 79.9. The third-order valence-corrected chi connectivity index (χ3v) is 4.47. The van der Waals surface area contributed by atoms with Gasteiger partial charge in [0.25, 0.3) is 0 Å². The minimum absolute atomic E-state index is 0.638. The first-order valence-corrected chi connectivity index (χ1v) is 7.70. The zero-order valence-corrected chi connectivity index (χ0v) is 12.8. The Hall–Kier alpha value is -1.04. The molecule has 3 heterocycles. The molecule has 0 unspecified atom stereocenters. The van der Waals surface area contributed by atoms with Crippen molar-refractivity contribution in [3.63, 3.8) is 0 Å². The minimum Gasteiger partial charge on any atom is -0.480 e. The Morgan fingerprint density at radius 2 is 1.53 bits per heavy atom. The van der Waals surface area contributed by atoms with Crippen molar-refractivity contribution < 1.29 is 4.74 Å². The van der Waals surface area contributed by atoms with Crippen LogP contribution in [0, 0.1) is 0 Å². The molecule has 104 valence electrons. The van der Waals surface area contributed by atoms with Crippen molar-refractivity contribution in [1.82, 2.24) is 9.97 Å². The molecule has 1 aromatic rings. The van der Waals surface area contributed by atoms with Gasteiger partial charge in [-0.2, -0.15) is 9.97 Å². The van der Waals surface area contributed by atoms with E-state index in [1.165, 1.54) is 25.7 Å². The van der Waals surface area contributed by atoms with Crippen LogP contribution in [0.4, 0.5) is 11.8 Å². The summed E-state index contributed by atoms with van der Waals surface area (Å²) in [6, 6.07) is 0. The van der Waals surface area contributed by atoms with Gasteiger partial charge >= 0.3 is 0 Å². The molecule has 0 spiro atoms. The van der Waals surface area contributed by atoms with E-state index >= 15 is 0 Å². The Bertz CT molecular complexity index is 456. The lowest BCUT2D eigenvalue weighted by molar-refractivity contribution is 0.394. The Morgan fingerprint density at radius 3 is 2.11 bits per heavy atom. The second kappa shape index (κ2) is 5.53. The van der Waals surface area contributed by atoms with Gasteiger partial charge in [0, 0.05) is 26.2 Å². The summed E-state index contributed by atoms with van der Waals surface area (Å²) in [5, 5.41) is 0. The van der Waals surface area contributed by atoms with Crippen molar-refractivity contribution in [3.8, 4) is 5.88 Å². The zero-order chi connectivity index (χ0) is 13.2. The Kier molecular flexibility index (Phi) is 3.77. The zero-order valence-electron chi connectivity index (χ0n) is 11.2. The molecular formula is C13H19BrN4O. The largest absolute Gasteiger partial charge is 0.480 e. The summed E-state index contributed by atoms with van der Waals surface area (Å²) in [6.07, 6.45) is 4.91. The minimum atomic E-state index is 0.638. The number of anilines is 2. The molecule has 19 heavy (non-hydrogen) atoms. The highest BCUT2D eigenvalue weighted by Gasteiger charge is 2.24. The Balaban J connectivity index is 1.98. The molecular weight excluding hydrogens is 308 g/mol. The number of aromatic nitrogens is 2. The van der Waals surface area contributed by atoms with Crippen LogP contribution in [0.2, 0.25) is 0 Å². The maximum atomic E-state index is 5.39. The van der Waals surface area contributed by atoms with Crippen molar-refractivity contribution >= 4 is 27.7 Å². The van der Waals surface area contributed by atoms with Crippen LogP contribution in [0.25, 0.3) is 0 Å². The lowest BCUT2D eigenvalue weighted by Crippen LogP contribution is -2.24. The summed E-state index contributed by atoms with van der Waals surface area (Å²) in [7, 11) is 1.66. The fourth-order valence-corrected chi connectivity index (χ4v) is 3.33. The van der Waals surface area contributed by atoms with Gasteiger partial charge in [-0.15, -0.1) is 0 Å². The first-order chi connectivity index (χ1) is 9.29. The van der Waals surface area contributed by atoms with Gasteiger partial charge in [0.2, 0.25) is 11.8 Å². The molecule has 0 atom stereocenters. The first kappa shape index (κ1) is 13.0. The van der Waals surface area contributed by atoms with Crippen molar-refractivity contribution in [1.29, 1.82) is 0 Å². The average molecular weight is 327 g/mol. The van der Waals surface area contributed by atoms with Crippen LogP contribution < -0.4 is 14.5 Å². The fourth-order valence-electron chi connectivity index (χ4n) is 2.74. The normalized spacial score (nSPS) is 19.3. The van der Waals surface area contributed by atoms with Gasteiger partial charge in [0.15, 0.2) is 5.82 Å². The van der Waals surface area contributed by atoms with Gasteiger partial charge < -0.3 is 14.5 Å². The highest BCUT2D eigenvalue weighted by Crippen LogP contribution is 2.35. The van der Waals surface area contributed by atoms with Crippen LogP contribution >= 0.6 is 15.9 Å². The summed E-state index contributed by atoms with van der Waals surface area (Å²) in [6.45, 7) is 4.23. The quantitative estimate of drug-likeness (QED) is 0.853. The molecule has 2 aliphatic heterocycles. The fraction of sp³-hybridized carbons (Fsp3) is 0.692. The van der Waals surface area contributed by atoms with E-state index in [0.29, 0.717) is 5.88 Å². The van der Waals surface area contributed by atoms with Gasteiger partial charge in [-0.3, -0.25) is 0 Å². The van der Waals surface area contributed by atoms with Gasteiger partial charge in [0.05, 0.1) is 7.11 Å². The summed E-state index contributed by atoms with van der Waals surface area (Å²) >= 11 is 3.58. The third-order valence-electron chi connectivity index (χ3n) is 3.78. The topological polar surface area (TPSA) is 41.5 Å². The van der Waals surface area contributed by atoms with E-state index < -0.39 is 0 Å². The standard InChI is InChI=1S/C13H19BrN4O/c1-19-12-10(14)11(17-6-2-3-7-17)15-13(16-12)18-8-4-5-9-18/h2-9H2,1H3. The molecule has 2 aliphatic rings. The number of ether oxygens (including phenoxy) is 1. The molecule has 0 bridgehead atoms. The van der Waals surface area contributed by atoms with E-state index in [4.69, 9.17) is 9.72 Å². The molecule has 0 saturated carbocycles. The van der Waals surface area contributed by atoms with Crippen molar-refractivity contribution in [2.45, 2.75) is 25.7 Å². The molecule has 1 aromatic heterocycles. The summed E-state index contributed by atoms with van der Waals surface area (Å²) in [5.74, 6) is 2.42. The van der Waals surface area contributed by atoms with E-state index in [1.54, 1.807) is 7.11 Å². The van der Waals surface area contributed by atoms with Gasteiger partial charge in [-0.1, -0.05) is 0 Å². The molecule has 0 radical (unpaired) electrons. The van der Waals surface area contributed by atoms with Gasteiger partial charge in [-0.05, 0) is 41.6 Å². The summed E-state index contributed by atoms with van der Waals surface area (Å²) in [5.41, 5.74) is 0. The van der Waals surface area contributed by atoms with Crippen molar-refractivity contribution in [2.75, 3.05) is 43.1 Å². The molecule has 0 N–H and O–H groups in total. The second-order valence-corrected chi connectivity index (χ2v) is 5.85. The monoisotopic (exact) mass is 326 g/mol. The molecule has 0 aromatic carbocycles. The molecule has 0 amide bonds. The Morgan fingerprint density at radius 1 is 0.947 bits per heavy atom. The average Bonchev–Trinajstić information content (AvgIpc) is 3.12. The predicted molar refractivity (Wildman–Crippen MR) is 79.2 cm³/mol. The number of hydrogen-bond donors (Lipinski definition) is 0. The lowest BCUT2D eigenvalue weighted by Gasteiger charge is -2.22.